The Hall–Kier alpha value is -0.830. The molecule has 0 bridgehead atoms. The molecule has 0 amide bonds. The fourth-order valence-corrected chi connectivity index (χ4v) is 3.28. The van der Waals surface area contributed by atoms with Crippen LogP contribution in [-0.2, 0) is 6.54 Å². The van der Waals surface area contributed by atoms with Gasteiger partial charge in [-0.05, 0) is 46.8 Å². The van der Waals surface area contributed by atoms with Crippen LogP contribution in [0.4, 0.5) is 0 Å². The number of rotatable bonds is 2. The number of aromatic nitrogens is 2. The van der Waals surface area contributed by atoms with E-state index in [0.29, 0.717) is 0 Å². The highest BCUT2D eigenvalue weighted by Gasteiger charge is 2.15. The van der Waals surface area contributed by atoms with Crippen molar-refractivity contribution in [3.8, 4) is 0 Å². The number of nitrogens with zero attached hydrogens (tertiary/aromatic N) is 2. The van der Waals surface area contributed by atoms with Gasteiger partial charge in [-0.3, -0.25) is 0 Å². The summed E-state index contributed by atoms with van der Waals surface area (Å²) in [5, 5.41) is 1.23. The van der Waals surface area contributed by atoms with Gasteiger partial charge in [-0.2, -0.15) is 0 Å². The van der Waals surface area contributed by atoms with Crippen molar-refractivity contribution in [1.29, 1.82) is 0 Å². The van der Waals surface area contributed by atoms with E-state index < -0.39 is 0 Å². The normalized spacial score (nSPS) is 17.7. The maximum Gasteiger partial charge on any atom is 0.140 e. The molecule has 2 aromatic rings. The fourth-order valence-electron chi connectivity index (χ4n) is 2.85. The van der Waals surface area contributed by atoms with Crippen molar-refractivity contribution in [3.05, 3.63) is 29.0 Å². The summed E-state index contributed by atoms with van der Waals surface area (Å²) in [6.45, 7) is 1.13. The van der Waals surface area contributed by atoms with Gasteiger partial charge >= 0.3 is 0 Å². The lowest BCUT2D eigenvalue weighted by atomic mass is 9.89. The van der Waals surface area contributed by atoms with Crippen LogP contribution < -0.4 is 0 Å². The Morgan fingerprint density at radius 3 is 2.88 bits per heavy atom. The Kier molecular flexibility index (Phi) is 3.19. The summed E-state index contributed by atoms with van der Waals surface area (Å²) < 4.78 is 3.46. The summed E-state index contributed by atoms with van der Waals surface area (Å²) in [6, 6.07) is 4.17. The molecule has 0 unspecified atom stereocenters. The SMILES string of the molecule is Brc1ccnc2c1ccn2CC1CCCCC1. The van der Waals surface area contributed by atoms with Gasteiger partial charge in [0.25, 0.3) is 0 Å². The van der Waals surface area contributed by atoms with Crippen molar-refractivity contribution < 1.29 is 0 Å². The zero-order valence-corrected chi connectivity index (χ0v) is 11.5. The summed E-state index contributed by atoms with van der Waals surface area (Å²) in [6.07, 6.45) is 11.1. The third-order valence-electron chi connectivity index (χ3n) is 3.79. The number of halogens is 1. The molecule has 2 heterocycles. The lowest BCUT2D eigenvalue weighted by Gasteiger charge is -2.22. The summed E-state index contributed by atoms with van der Waals surface area (Å²) in [4.78, 5) is 4.50. The molecule has 3 rings (SSSR count). The van der Waals surface area contributed by atoms with E-state index in [1.807, 2.05) is 12.3 Å². The maximum atomic E-state index is 4.50. The lowest BCUT2D eigenvalue weighted by Crippen LogP contribution is -2.13. The van der Waals surface area contributed by atoms with Crippen LogP contribution in [-0.4, -0.2) is 9.55 Å². The van der Waals surface area contributed by atoms with Gasteiger partial charge < -0.3 is 4.57 Å². The molecule has 90 valence electrons. The molecule has 0 N–H and O–H groups in total. The largest absolute Gasteiger partial charge is 0.332 e. The van der Waals surface area contributed by atoms with Crippen LogP contribution in [0.2, 0.25) is 0 Å². The minimum atomic E-state index is 0.847. The molecule has 0 aliphatic heterocycles. The Labute approximate surface area is 110 Å². The molecule has 2 aromatic heterocycles. The van der Waals surface area contributed by atoms with Gasteiger partial charge in [0.05, 0.1) is 0 Å². The first kappa shape index (κ1) is 11.3. The van der Waals surface area contributed by atoms with E-state index in [4.69, 9.17) is 0 Å². The topological polar surface area (TPSA) is 17.8 Å². The standard InChI is InChI=1S/C14H17BrN2/c15-13-6-8-16-14-12(13)7-9-17(14)10-11-4-2-1-3-5-11/h6-9,11H,1-5,10H2. The van der Waals surface area contributed by atoms with Gasteiger partial charge in [0.2, 0.25) is 0 Å². The molecule has 0 saturated heterocycles. The van der Waals surface area contributed by atoms with Crippen molar-refractivity contribution in [2.24, 2.45) is 5.92 Å². The van der Waals surface area contributed by atoms with Gasteiger partial charge in [-0.15, -0.1) is 0 Å². The molecule has 0 radical (unpaired) electrons. The first-order valence-corrected chi connectivity index (χ1v) is 7.23. The van der Waals surface area contributed by atoms with Gasteiger partial charge in [-0.25, -0.2) is 4.98 Å². The molecule has 1 saturated carbocycles. The molecule has 1 aliphatic carbocycles. The average Bonchev–Trinajstić information content (AvgIpc) is 2.76. The van der Waals surface area contributed by atoms with E-state index in [1.165, 1.54) is 37.5 Å². The van der Waals surface area contributed by atoms with E-state index >= 15 is 0 Å². The van der Waals surface area contributed by atoms with E-state index in [9.17, 15) is 0 Å². The van der Waals surface area contributed by atoms with Gasteiger partial charge in [0.1, 0.15) is 5.65 Å². The third-order valence-corrected chi connectivity index (χ3v) is 4.48. The van der Waals surface area contributed by atoms with Crippen molar-refractivity contribution in [2.45, 2.75) is 38.6 Å². The Morgan fingerprint density at radius 1 is 1.24 bits per heavy atom. The van der Waals surface area contributed by atoms with E-state index in [2.05, 4.69) is 37.7 Å². The van der Waals surface area contributed by atoms with Gasteiger partial charge in [0, 0.05) is 28.8 Å². The van der Waals surface area contributed by atoms with Crippen molar-refractivity contribution in [2.75, 3.05) is 0 Å². The second-order valence-corrected chi connectivity index (χ2v) is 5.86. The summed E-state index contributed by atoms with van der Waals surface area (Å²) in [5.74, 6) is 0.847. The van der Waals surface area contributed by atoms with Gasteiger partial charge in [-0.1, -0.05) is 19.3 Å². The highest BCUT2D eigenvalue weighted by molar-refractivity contribution is 9.10. The first-order valence-electron chi connectivity index (χ1n) is 6.44. The second-order valence-electron chi connectivity index (χ2n) is 5.00. The Balaban J connectivity index is 1.87. The molecule has 3 heteroatoms. The Bertz CT molecular complexity index is 512. The molecule has 2 nitrogen and oxygen atoms in total. The summed E-state index contributed by atoms with van der Waals surface area (Å²) >= 11 is 3.58. The van der Waals surface area contributed by atoms with Crippen molar-refractivity contribution in [1.82, 2.24) is 9.55 Å². The lowest BCUT2D eigenvalue weighted by molar-refractivity contribution is 0.322. The number of fused-ring (bicyclic) bond motifs is 1. The van der Waals surface area contributed by atoms with Gasteiger partial charge in [0.15, 0.2) is 0 Å². The van der Waals surface area contributed by atoms with Crippen LogP contribution in [0, 0.1) is 5.92 Å². The first-order chi connectivity index (χ1) is 8.34. The minimum Gasteiger partial charge on any atom is -0.332 e. The molecular weight excluding hydrogens is 276 g/mol. The zero-order valence-electron chi connectivity index (χ0n) is 9.90. The monoisotopic (exact) mass is 292 g/mol. The van der Waals surface area contributed by atoms with Crippen LogP contribution in [0.1, 0.15) is 32.1 Å². The van der Waals surface area contributed by atoms with Crippen molar-refractivity contribution in [3.63, 3.8) is 0 Å². The van der Waals surface area contributed by atoms with Crippen LogP contribution in [0.25, 0.3) is 11.0 Å². The molecule has 0 aromatic carbocycles. The van der Waals surface area contributed by atoms with Crippen LogP contribution in [0.5, 0.6) is 0 Å². The molecule has 1 aliphatic rings. The van der Waals surface area contributed by atoms with E-state index in [0.717, 1.165) is 22.6 Å². The second kappa shape index (κ2) is 4.81. The molecule has 1 fully saturated rings. The number of hydrogen-bond acceptors (Lipinski definition) is 1. The predicted molar refractivity (Wildman–Crippen MR) is 74.0 cm³/mol. The van der Waals surface area contributed by atoms with Crippen molar-refractivity contribution >= 4 is 27.0 Å². The van der Waals surface area contributed by atoms with Crippen LogP contribution in [0.15, 0.2) is 29.0 Å². The molecular formula is C14H17BrN2. The van der Waals surface area contributed by atoms with Crippen LogP contribution >= 0.6 is 15.9 Å². The summed E-state index contributed by atoms with van der Waals surface area (Å²) in [7, 11) is 0. The highest BCUT2D eigenvalue weighted by Crippen LogP contribution is 2.28. The zero-order chi connectivity index (χ0) is 11.7. The predicted octanol–water partition coefficient (Wildman–Crippen LogP) is 4.38. The smallest absolute Gasteiger partial charge is 0.140 e. The summed E-state index contributed by atoms with van der Waals surface area (Å²) in [5.41, 5.74) is 1.12. The molecule has 0 atom stereocenters. The van der Waals surface area contributed by atoms with E-state index in [1.54, 1.807) is 0 Å². The fraction of sp³-hybridized carbons (Fsp3) is 0.500. The average molecular weight is 293 g/mol. The number of pyridine rings is 1. The maximum absolute atomic E-state index is 4.50. The minimum absolute atomic E-state index is 0.847. The van der Waals surface area contributed by atoms with E-state index in [-0.39, 0.29) is 0 Å². The third kappa shape index (κ3) is 2.25. The molecule has 17 heavy (non-hydrogen) atoms. The quantitative estimate of drug-likeness (QED) is 0.803. The van der Waals surface area contributed by atoms with Crippen LogP contribution in [0.3, 0.4) is 0 Å². The number of hydrogen-bond donors (Lipinski definition) is 0. The molecule has 0 spiro atoms. The Morgan fingerprint density at radius 2 is 2.06 bits per heavy atom. The highest BCUT2D eigenvalue weighted by atomic mass is 79.9.